The number of benzene rings is 1. The van der Waals surface area contributed by atoms with E-state index < -0.39 is 5.82 Å². The van der Waals surface area contributed by atoms with Gasteiger partial charge in [-0.3, -0.25) is 4.79 Å². The first kappa shape index (κ1) is 11.1. The van der Waals surface area contributed by atoms with Crippen LogP contribution in [0.3, 0.4) is 0 Å². The van der Waals surface area contributed by atoms with Gasteiger partial charge in [0.1, 0.15) is 5.82 Å². The zero-order valence-electron chi connectivity index (χ0n) is 9.00. The molecule has 0 aliphatic carbocycles. The molecular formula is C12H15FN2O. The molecule has 86 valence electrons. The highest BCUT2D eigenvalue weighted by Crippen LogP contribution is 2.08. The Bertz CT molecular complexity index is 375. The molecule has 2 rings (SSSR count). The van der Waals surface area contributed by atoms with E-state index in [-0.39, 0.29) is 17.5 Å². The fourth-order valence-corrected chi connectivity index (χ4v) is 1.88. The van der Waals surface area contributed by atoms with Crippen LogP contribution >= 0.6 is 0 Å². The quantitative estimate of drug-likeness (QED) is 0.792. The largest absolute Gasteiger partial charge is 0.348 e. The molecule has 1 heterocycles. The molecule has 1 atom stereocenters. The van der Waals surface area contributed by atoms with Crippen LogP contribution in [0.2, 0.25) is 0 Å². The van der Waals surface area contributed by atoms with E-state index in [0.717, 1.165) is 25.9 Å². The minimum absolute atomic E-state index is 0.112. The van der Waals surface area contributed by atoms with Crippen molar-refractivity contribution in [3.8, 4) is 0 Å². The molecule has 2 N–H and O–H groups in total. The average molecular weight is 222 g/mol. The number of carbonyl (C=O) groups is 1. The van der Waals surface area contributed by atoms with Gasteiger partial charge in [-0.1, -0.05) is 12.1 Å². The van der Waals surface area contributed by atoms with E-state index in [4.69, 9.17) is 0 Å². The Hall–Kier alpha value is -1.42. The lowest BCUT2D eigenvalue weighted by atomic mass is 10.1. The summed E-state index contributed by atoms with van der Waals surface area (Å²) in [4.78, 5) is 11.8. The summed E-state index contributed by atoms with van der Waals surface area (Å²) in [7, 11) is 0. The molecule has 4 heteroatoms. The first-order valence-electron chi connectivity index (χ1n) is 5.53. The summed E-state index contributed by atoms with van der Waals surface area (Å²) >= 11 is 0. The molecule has 3 nitrogen and oxygen atoms in total. The minimum atomic E-state index is -0.469. The predicted octanol–water partition coefficient (Wildman–Crippen LogP) is 1.31. The lowest BCUT2D eigenvalue weighted by Gasteiger charge is -2.23. The summed E-state index contributed by atoms with van der Waals surface area (Å²) in [6, 6.07) is 6.15. The Morgan fingerprint density at radius 1 is 1.44 bits per heavy atom. The zero-order valence-corrected chi connectivity index (χ0v) is 9.00. The maximum absolute atomic E-state index is 13.3. The van der Waals surface area contributed by atoms with Crippen molar-refractivity contribution < 1.29 is 9.18 Å². The van der Waals surface area contributed by atoms with E-state index in [1.165, 1.54) is 12.1 Å². The standard InChI is InChI=1S/C12H15FN2O/c13-11-6-2-1-5-10(11)12(16)15-9-4-3-7-14-8-9/h1-2,5-6,9,14H,3-4,7-8H2,(H,15,16)/t9-/m0/s1. The molecule has 16 heavy (non-hydrogen) atoms. The van der Waals surface area contributed by atoms with Gasteiger partial charge in [-0.2, -0.15) is 0 Å². The summed E-state index contributed by atoms with van der Waals surface area (Å²) in [6.45, 7) is 1.76. The highest BCUT2D eigenvalue weighted by molar-refractivity contribution is 5.94. The SMILES string of the molecule is O=C(N[C@H]1CCCNC1)c1ccccc1F. The Morgan fingerprint density at radius 3 is 2.94 bits per heavy atom. The molecule has 0 aromatic heterocycles. The van der Waals surface area contributed by atoms with Crippen molar-refractivity contribution in [1.82, 2.24) is 10.6 Å². The lowest BCUT2D eigenvalue weighted by Crippen LogP contribution is -2.45. The van der Waals surface area contributed by atoms with Gasteiger partial charge in [-0.05, 0) is 31.5 Å². The summed E-state index contributed by atoms with van der Waals surface area (Å²) < 4.78 is 13.3. The van der Waals surface area contributed by atoms with Crippen LogP contribution < -0.4 is 10.6 Å². The monoisotopic (exact) mass is 222 g/mol. The van der Waals surface area contributed by atoms with Crippen LogP contribution in [0.4, 0.5) is 4.39 Å². The van der Waals surface area contributed by atoms with E-state index >= 15 is 0 Å². The van der Waals surface area contributed by atoms with Crippen molar-refractivity contribution in [2.45, 2.75) is 18.9 Å². The van der Waals surface area contributed by atoms with Crippen LogP contribution in [0.15, 0.2) is 24.3 Å². The molecule has 0 spiro atoms. The Kier molecular flexibility index (Phi) is 3.51. The smallest absolute Gasteiger partial charge is 0.254 e. The molecule has 1 fully saturated rings. The average Bonchev–Trinajstić information content (AvgIpc) is 2.31. The highest BCUT2D eigenvalue weighted by atomic mass is 19.1. The van der Waals surface area contributed by atoms with Gasteiger partial charge < -0.3 is 10.6 Å². The number of hydrogen-bond acceptors (Lipinski definition) is 2. The highest BCUT2D eigenvalue weighted by Gasteiger charge is 2.17. The third-order valence-electron chi connectivity index (χ3n) is 2.75. The molecule has 0 unspecified atom stereocenters. The number of carbonyl (C=O) groups excluding carboxylic acids is 1. The summed E-state index contributed by atoms with van der Waals surface area (Å²) in [5.74, 6) is -0.796. The van der Waals surface area contributed by atoms with Crippen LogP contribution in [0.5, 0.6) is 0 Å². The Labute approximate surface area is 94.0 Å². The fraction of sp³-hybridized carbons (Fsp3) is 0.417. The van der Waals surface area contributed by atoms with Crippen molar-refractivity contribution in [2.24, 2.45) is 0 Å². The number of rotatable bonds is 2. The summed E-state index contributed by atoms with van der Waals surface area (Å²) in [6.07, 6.45) is 2.00. The first-order chi connectivity index (χ1) is 7.77. The molecule has 0 radical (unpaired) electrons. The normalized spacial score (nSPS) is 20.4. The van der Waals surface area contributed by atoms with Gasteiger partial charge in [0, 0.05) is 12.6 Å². The summed E-state index contributed by atoms with van der Waals surface area (Å²) in [5.41, 5.74) is 0.119. The van der Waals surface area contributed by atoms with Crippen molar-refractivity contribution >= 4 is 5.91 Å². The third kappa shape index (κ3) is 2.58. The van der Waals surface area contributed by atoms with Crippen LogP contribution in [0, 0.1) is 5.82 Å². The van der Waals surface area contributed by atoms with Gasteiger partial charge in [0.25, 0.3) is 5.91 Å². The first-order valence-corrected chi connectivity index (χ1v) is 5.53. The second-order valence-corrected chi connectivity index (χ2v) is 4.00. The van der Waals surface area contributed by atoms with Crippen LogP contribution in [0.25, 0.3) is 0 Å². The predicted molar refractivity (Wildman–Crippen MR) is 59.8 cm³/mol. The van der Waals surface area contributed by atoms with Gasteiger partial charge in [0.2, 0.25) is 0 Å². The third-order valence-corrected chi connectivity index (χ3v) is 2.75. The van der Waals surface area contributed by atoms with Crippen LogP contribution in [-0.4, -0.2) is 25.0 Å². The van der Waals surface area contributed by atoms with Crippen molar-refractivity contribution in [2.75, 3.05) is 13.1 Å². The maximum Gasteiger partial charge on any atom is 0.254 e. The van der Waals surface area contributed by atoms with E-state index in [1.807, 2.05) is 0 Å². The molecule has 0 saturated carbocycles. The molecule has 1 aliphatic rings. The van der Waals surface area contributed by atoms with Crippen LogP contribution in [-0.2, 0) is 0 Å². The number of piperidine rings is 1. The van der Waals surface area contributed by atoms with E-state index in [9.17, 15) is 9.18 Å². The number of halogens is 1. The molecular weight excluding hydrogens is 207 g/mol. The molecule has 0 bridgehead atoms. The van der Waals surface area contributed by atoms with Gasteiger partial charge in [-0.15, -0.1) is 0 Å². The Morgan fingerprint density at radius 2 is 2.25 bits per heavy atom. The van der Waals surface area contributed by atoms with Crippen molar-refractivity contribution in [3.63, 3.8) is 0 Å². The van der Waals surface area contributed by atoms with Gasteiger partial charge in [0.05, 0.1) is 5.56 Å². The molecule has 1 aliphatic heterocycles. The Balaban J connectivity index is 2.00. The van der Waals surface area contributed by atoms with Gasteiger partial charge in [0.15, 0.2) is 0 Å². The lowest BCUT2D eigenvalue weighted by molar-refractivity contribution is 0.0926. The van der Waals surface area contributed by atoms with Crippen molar-refractivity contribution in [3.05, 3.63) is 35.6 Å². The second kappa shape index (κ2) is 5.07. The minimum Gasteiger partial charge on any atom is -0.348 e. The number of amides is 1. The van der Waals surface area contributed by atoms with Crippen molar-refractivity contribution in [1.29, 1.82) is 0 Å². The van der Waals surface area contributed by atoms with E-state index in [2.05, 4.69) is 10.6 Å². The van der Waals surface area contributed by atoms with Crippen LogP contribution in [0.1, 0.15) is 23.2 Å². The van der Waals surface area contributed by atoms with Gasteiger partial charge in [-0.25, -0.2) is 4.39 Å². The van der Waals surface area contributed by atoms with Gasteiger partial charge >= 0.3 is 0 Å². The second-order valence-electron chi connectivity index (χ2n) is 4.00. The van der Waals surface area contributed by atoms with E-state index in [0.29, 0.717) is 0 Å². The fourth-order valence-electron chi connectivity index (χ4n) is 1.88. The molecule has 1 amide bonds. The zero-order chi connectivity index (χ0) is 11.4. The maximum atomic E-state index is 13.3. The molecule has 1 saturated heterocycles. The molecule has 1 aromatic rings. The number of hydrogen-bond donors (Lipinski definition) is 2. The molecule has 1 aromatic carbocycles. The summed E-state index contributed by atoms with van der Waals surface area (Å²) in [5, 5.41) is 6.03. The topological polar surface area (TPSA) is 41.1 Å². The number of nitrogens with one attached hydrogen (secondary N) is 2. The van der Waals surface area contributed by atoms with E-state index in [1.54, 1.807) is 12.1 Å².